The van der Waals surface area contributed by atoms with Gasteiger partial charge in [-0.25, -0.2) is 14.8 Å². The van der Waals surface area contributed by atoms with Gasteiger partial charge in [0.05, 0.1) is 7.11 Å². The van der Waals surface area contributed by atoms with E-state index in [0.717, 1.165) is 25.7 Å². The first-order valence-corrected chi connectivity index (χ1v) is 9.22. The second-order valence-corrected chi connectivity index (χ2v) is 7.00. The summed E-state index contributed by atoms with van der Waals surface area (Å²) in [5, 5.41) is 3.51. The number of esters is 1. The number of aromatic nitrogens is 2. The third-order valence-corrected chi connectivity index (χ3v) is 5.17. The highest BCUT2D eigenvalue weighted by Crippen LogP contribution is 2.40. The molecule has 1 saturated carbocycles. The van der Waals surface area contributed by atoms with Crippen molar-refractivity contribution in [3.05, 3.63) is 58.0 Å². The smallest absolute Gasteiger partial charge is 0.358 e. The number of nitrogens with zero attached hydrogens (tertiary/aromatic N) is 2. The molecule has 0 aliphatic heterocycles. The highest BCUT2D eigenvalue weighted by Gasteiger charge is 2.30. The SMILES string of the molecule is COC(=O)c1nc(C2CC2)nc(NCCC2=CCc3ccccc32)c1Cl. The molecular formula is C20H20ClN3O2. The molecule has 26 heavy (non-hydrogen) atoms. The van der Waals surface area contributed by atoms with Crippen LogP contribution in [-0.2, 0) is 11.2 Å². The van der Waals surface area contributed by atoms with Gasteiger partial charge in [0.1, 0.15) is 16.7 Å². The summed E-state index contributed by atoms with van der Waals surface area (Å²) in [5.41, 5.74) is 4.15. The molecule has 5 nitrogen and oxygen atoms in total. The van der Waals surface area contributed by atoms with E-state index in [0.29, 0.717) is 24.1 Å². The Morgan fingerprint density at radius 2 is 2.12 bits per heavy atom. The van der Waals surface area contributed by atoms with Crippen LogP contribution < -0.4 is 5.32 Å². The Bertz CT molecular complexity index is 891. The van der Waals surface area contributed by atoms with Crippen LogP contribution in [0.5, 0.6) is 0 Å². The van der Waals surface area contributed by atoms with Gasteiger partial charge < -0.3 is 10.1 Å². The predicted octanol–water partition coefficient (Wildman–Crippen LogP) is 4.24. The van der Waals surface area contributed by atoms with Gasteiger partial charge in [0.2, 0.25) is 0 Å². The molecule has 1 fully saturated rings. The van der Waals surface area contributed by atoms with Crippen molar-refractivity contribution in [1.82, 2.24) is 9.97 Å². The lowest BCUT2D eigenvalue weighted by Gasteiger charge is -2.12. The number of hydrogen-bond donors (Lipinski definition) is 1. The van der Waals surface area contributed by atoms with E-state index < -0.39 is 5.97 Å². The van der Waals surface area contributed by atoms with Crippen molar-refractivity contribution in [2.24, 2.45) is 0 Å². The highest BCUT2D eigenvalue weighted by molar-refractivity contribution is 6.35. The fourth-order valence-corrected chi connectivity index (χ4v) is 3.47. The van der Waals surface area contributed by atoms with Gasteiger partial charge in [-0.05, 0) is 42.4 Å². The van der Waals surface area contributed by atoms with Gasteiger partial charge in [-0.2, -0.15) is 0 Å². The Labute approximate surface area is 157 Å². The van der Waals surface area contributed by atoms with Gasteiger partial charge in [0, 0.05) is 12.5 Å². The quantitative estimate of drug-likeness (QED) is 0.772. The van der Waals surface area contributed by atoms with Crippen LogP contribution in [-0.4, -0.2) is 29.6 Å². The summed E-state index contributed by atoms with van der Waals surface area (Å²) in [4.78, 5) is 20.8. The molecule has 1 aromatic carbocycles. The number of carbonyl (C=O) groups excluding carboxylic acids is 1. The molecule has 0 spiro atoms. The lowest BCUT2D eigenvalue weighted by atomic mass is 10.0. The first-order chi connectivity index (χ1) is 12.7. The molecule has 0 bridgehead atoms. The van der Waals surface area contributed by atoms with Gasteiger partial charge in [-0.3, -0.25) is 0 Å². The van der Waals surface area contributed by atoms with Crippen LogP contribution in [0.1, 0.15) is 52.6 Å². The molecule has 2 aliphatic carbocycles. The van der Waals surface area contributed by atoms with E-state index in [9.17, 15) is 4.79 Å². The fraction of sp³-hybridized carbons (Fsp3) is 0.350. The zero-order valence-corrected chi connectivity index (χ0v) is 15.3. The number of methoxy groups -OCH3 is 1. The van der Waals surface area contributed by atoms with Crippen LogP contribution >= 0.6 is 11.6 Å². The van der Waals surface area contributed by atoms with Crippen molar-refractivity contribution >= 4 is 29.0 Å². The number of fused-ring (bicyclic) bond motifs is 1. The number of anilines is 1. The molecule has 1 aromatic heterocycles. The first-order valence-electron chi connectivity index (χ1n) is 8.84. The summed E-state index contributed by atoms with van der Waals surface area (Å²) < 4.78 is 4.80. The molecule has 0 radical (unpaired) electrons. The summed E-state index contributed by atoms with van der Waals surface area (Å²) in [7, 11) is 1.33. The molecule has 0 saturated heterocycles. The summed E-state index contributed by atoms with van der Waals surface area (Å²) in [6.45, 7) is 0.682. The number of nitrogens with one attached hydrogen (secondary N) is 1. The summed E-state index contributed by atoms with van der Waals surface area (Å²) in [6, 6.07) is 8.46. The molecule has 2 aromatic rings. The maximum absolute atomic E-state index is 12.0. The number of carbonyl (C=O) groups is 1. The lowest BCUT2D eigenvalue weighted by molar-refractivity contribution is 0.0593. The normalized spacial score (nSPS) is 15.4. The van der Waals surface area contributed by atoms with Crippen LogP contribution in [0.25, 0.3) is 5.57 Å². The maximum atomic E-state index is 12.0. The Hall–Kier alpha value is -2.40. The molecule has 4 rings (SSSR count). The zero-order chi connectivity index (χ0) is 18.1. The minimum atomic E-state index is -0.533. The molecule has 134 valence electrons. The molecule has 0 unspecified atom stereocenters. The molecule has 1 heterocycles. The van der Waals surface area contributed by atoms with Crippen molar-refractivity contribution in [1.29, 1.82) is 0 Å². The van der Waals surface area contributed by atoms with E-state index in [-0.39, 0.29) is 10.7 Å². The van der Waals surface area contributed by atoms with Crippen LogP contribution in [0, 0.1) is 0 Å². The number of rotatable bonds is 6. The first kappa shape index (κ1) is 17.0. The van der Waals surface area contributed by atoms with E-state index in [4.69, 9.17) is 16.3 Å². The Morgan fingerprint density at radius 3 is 2.88 bits per heavy atom. The monoisotopic (exact) mass is 369 g/mol. The summed E-state index contributed by atoms with van der Waals surface area (Å²) in [6.07, 6.45) is 6.21. The number of halogens is 1. The van der Waals surface area contributed by atoms with Crippen LogP contribution in [0.3, 0.4) is 0 Å². The van der Waals surface area contributed by atoms with E-state index >= 15 is 0 Å². The number of allylic oxidation sites excluding steroid dienone is 1. The molecule has 2 aliphatic rings. The van der Waals surface area contributed by atoms with Gasteiger partial charge in [-0.1, -0.05) is 41.9 Å². The number of hydrogen-bond acceptors (Lipinski definition) is 5. The second kappa shape index (κ2) is 7.08. The molecule has 0 atom stereocenters. The largest absolute Gasteiger partial charge is 0.464 e. The Morgan fingerprint density at radius 1 is 1.31 bits per heavy atom. The summed E-state index contributed by atoms with van der Waals surface area (Å²) >= 11 is 6.35. The number of benzene rings is 1. The van der Waals surface area contributed by atoms with E-state index in [1.54, 1.807) is 0 Å². The van der Waals surface area contributed by atoms with Crippen molar-refractivity contribution < 1.29 is 9.53 Å². The highest BCUT2D eigenvalue weighted by atomic mass is 35.5. The Balaban J connectivity index is 1.50. The summed E-state index contributed by atoms with van der Waals surface area (Å²) in [5.74, 6) is 0.967. The zero-order valence-electron chi connectivity index (χ0n) is 14.6. The van der Waals surface area contributed by atoms with Crippen molar-refractivity contribution in [2.75, 3.05) is 19.0 Å². The fourth-order valence-electron chi connectivity index (χ4n) is 3.24. The van der Waals surface area contributed by atoms with Crippen LogP contribution in [0.15, 0.2) is 30.3 Å². The van der Waals surface area contributed by atoms with Crippen LogP contribution in [0.4, 0.5) is 5.82 Å². The predicted molar refractivity (Wildman–Crippen MR) is 102 cm³/mol. The molecule has 6 heteroatoms. The van der Waals surface area contributed by atoms with Gasteiger partial charge in [0.15, 0.2) is 5.69 Å². The van der Waals surface area contributed by atoms with E-state index in [1.807, 2.05) is 0 Å². The average molecular weight is 370 g/mol. The lowest BCUT2D eigenvalue weighted by Crippen LogP contribution is -2.13. The molecule has 1 N–H and O–H groups in total. The Kier molecular flexibility index (Phi) is 4.64. The van der Waals surface area contributed by atoms with E-state index in [2.05, 4.69) is 45.6 Å². The minimum Gasteiger partial charge on any atom is -0.464 e. The van der Waals surface area contributed by atoms with Crippen molar-refractivity contribution in [3.63, 3.8) is 0 Å². The topological polar surface area (TPSA) is 64.1 Å². The van der Waals surface area contributed by atoms with Gasteiger partial charge in [0.25, 0.3) is 0 Å². The van der Waals surface area contributed by atoms with Crippen molar-refractivity contribution in [3.8, 4) is 0 Å². The molecule has 0 amide bonds. The van der Waals surface area contributed by atoms with Gasteiger partial charge >= 0.3 is 5.97 Å². The van der Waals surface area contributed by atoms with E-state index in [1.165, 1.54) is 23.8 Å². The van der Waals surface area contributed by atoms with Crippen LogP contribution in [0.2, 0.25) is 5.02 Å². The molecular weight excluding hydrogens is 350 g/mol. The average Bonchev–Trinajstić information content (AvgIpc) is 3.44. The van der Waals surface area contributed by atoms with Gasteiger partial charge in [-0.15, -0.1) is 0 Å². The standard InChI is InChI=1S/C20H20ClN3O2/c1-26-20(25)17-16(21)19(24-18(23-17)14-8-9-14)22-11-10-13-7-6-12-4-2-3-5-15(12)13/h2-5,7,14H,6,8-11H2,1H3,(H,22,23,24). The third-order valence-electron chi connectivity index (χ3n) is 4.81. The maximum Gasteiger partial charge on any atom is 0.358 e. The second-order valence-electron chi connectivity index (χ2n) is 6.63. The third kappa shape index (κ3) is 3.31. The van der Waals surface area contributed by atoms with Crippen molar-refractivity contribution in [2.45, 2.75) is 31.6 Å². The minimum absolute atomic E-state index is 0.138. The number of ether oxygens (including phenoxy) is 1.